The van der Waals surface area contributed by atoms with Gasteiger partial charge in [0.2, 0.25) is 0 Å². The minimum atomic E-state index is -4.40. The summed E-state index contributed by atoms with van der Waals surface area (Å²) in [6.45, 7) is 8.39. The van der Waals surface area contributed by atoms with E-state index in [2.05, 4.69) is 52.0 Å². The molecule has 0 spiro atoms. The van der Waals surface area contributed by atoms with Gasteiger partial charge in [-0.2, -0.15) is 0 Å². The van der Waals surface area contributed by atoms with Crippen LogP contribution in [0.3, 0.4) is 0 Å². The standard InChI is InChI=1S/2C16H20O3S.Ca/c2*1-3-5-12-7-8-13(6-4-2)16-11-14(20(17,18)19)9-10-15(12)16;/h2*7-11H,3-6H2,1-2H3,(H,17,18,19);/q;;+2/p-2. The number of hydrogen-bond donors (Lipinski definition) is 0. The third-order valence-electron chi connectivity index (χ3n) is 6.99. The molecule has 41 heavy (non-hydrogen) atoms. The Bertz CT molecular complexity index is 1570. The van der Waals surface area contributed by atoms with Crippen molar-refractivity contribution in [1.82, 2.24) is 0 Å². The summed E-state index contributed by atoms with van der Waals surface area (Å²) in [5.41, 5.74) is 4.62. The maximum atomic E-state index is 11.2. The smallest absolute Gasteiger partial charge is 0.744 e. The fourth-order valence-corrected chi connectivity index (χ4v) is 6.15. The zero-order chi connectivity index (χ0) is 29.5. The molecule has 0 aromatic heterocycles. The van der Waals surface area contributed by atoms with Gasteiger partial charge in [-0.1, -0.05) is 89.8 Å². The molecular formula is C32H38CaO6S2. The van der Waals surface area contributed by atoms with Crippen molar-refractivity contribution in [1.29, 1.82) is 0 Å². The molecule has 0 unspecified atom stereocenters. The summed E-state index contributed by atoms with van der Waals surface area (Å²) in [7, 11) is -8.80. The van der Waals surface area contributed by atoms with E-state index in [4.69, 9.17) is 0 Å². The second-order valence-corrected chi connectivity index (χ2v) is 12.8. The summed E-state index contributed by atoms with van der Waals surface area (Å²) >= 11 is 0. The second-order valence-electron chi connectivity index (χ2n) is 10.1. The summed E-state index contributed by atoms with van der Waals surface area (Å²) in [4.78, 5) is -0.285. The van der Waals surface area contributed by atoms with E-state index in [0.29, 0.717) is 0 Å². The molecule has 216 valence electrons. The van der Waals surface area contributed by atoms with Crippen LogP contribution in [0.15, 0.2) is 70.5 Å². The Morgan fingerprint density at radius 3 is 0.976 bits per heavy atom. The average molecular weight is 623 g/mol. The van der Waals surface area contributed by atoms with Crippen molar-refractivity contribution in [3.05, 3.63) is 82.9 Å². The van der Waals surface area contributed by atoms with Gasteiger partial charge in [-0.25, -0.2) is 16.8 Å². The van der Waals surface area contributed by atoms with Crippen LogP contribution in [0.4, 0.5) is 0 Å². The van der Waals surface area contributed by atoms with Crippen LogP contribution >= 0.6 is 0 Å². The monoisotopic (exact) mass is 622 g/mol. The zero-order valence-corrected chi connectivity index (χ0v) is 28.2. The largest absolute Gasteiger partial charge is 2.00 e. The Kier molecular flexibility index (Phi) is 13.8. The van der Waals surface area contributed by atoms with Crippen molar-refractivity contribution >= 4 is 79.5 Å². The van der Waals surface area contributed by atoms with E-state index in [1.54, 1.807) is 12.1 Å². The number of benzene rings is 4. The van der Waals surface area contributed by atoms with Crippen LogP contribution in [0.1, 0.15) is 75.6 Å². The molecule has 0 aliphatic carbocycles. The normalized spacial score (nSPS) is 11.7. The van der Waals surface area contributed by atoms with Crippen molar-refractivity contribution < 1.29 is 25.9 Å². The molecule has 4 aromatic rings. The van der Waals surface area contributed by atoms with Crippen molar-refractivity contribution in [2.75, 3.05) is 0 Å². The molecule has 4 rings (SSSR count). The number of hydrogen-bond acceptors (Lipinski definition) is 6. The van der Waals surface area contributed by atoms with Crippen LogP contribution in [0.2, 0.25) is 0 Å². The maximum absolute atomic E-state index is 11.2. The van der Waals surface area contributed by atoms with Crippen molar-refractivity contribution in [2.24, 2.45) is 0 Å². The topological polar surface area (TPSA) is 114 Å². The van der Waals surface area contributed by atoms with Gasteiger partial charge >= 0.3 is 37.7 Å². The summed E-state index contributed by atoms with van der Waals surface area (Å²) in [5.74, 6) is 0. The number of fused-ring (bicyclic) bond motifs is 2. The summed E-state index contributed by atoms with van der Waals surface area (Å²) in [6.07, 6.45) is 7.69. The number of aryl methyl sites for hydroxylation is 4. The molecule has 0 N–H and O–H groups in total. The maximum Gasteiger partial charge on any atom is 2.00 e. The van der Waals surface area contributed by atoms with Crippen molar-refractivity contribution in [3.8, 4) is 0 Å². The van der Waals surface area contributed by atoms with Gasteiger partial charge in [-0.05, 0) is 93.7 Å². The first-order valence-corrected chi connectivity index (χ1v) is 16.8. The van der Waals surface area contributed by atoms with Crippen LogP contribution in [0.25, 0.3) is 21.5 Å². The molecule has 0 fully saturated rings. The fourth-order valence-electron chi connectivity index (χ4n) is 5.16. The first-order valence-electron chi connectivity index (χ1n) is 13.9. The molecule has 6 nitrogen and oxygen atoms in total. The van der Waals surface area contributed by atoms with Gasteiger partial charge in [0, 0.05) is 0 Å². The average Bonchev–Trinajstić information content (AvgIpc) is 2.90. The van der Waals surface area contributed by atoms with Gasteiger partial charge in [0.05, 0.1) is 9.79 Å². The zero-order valence-electron chi connectivity index (χ0n) is 24.4. The van der Waals surface area contributed by atoms with Crippen LogP contribution in [-0.4, -0.2) is 63.7 Å². The molecule has 0 bridgehead atoms. The van der Waals surface area contributed by atoms with E-state index in [0.717, 1.165) is 84.0 Å². The SMILES string of the molecule is CCCc1ccc(CCC)c2cc(S(=O)(=O)[O-])ccc12.CCCc1ccc(CCC)c2cc(S(=O)(=O)[O-])ccc12.[Ca+2]. The molecule has 0 saturated heterocycles. The van der Waals surface area contributed by atoms with Gasteiger partial charge in [-0.15, -0.1) is 0 Å². The molecule has 0 aliphatic heterocycles. The van der Waals surface area contributed by atoms with E-state index >= 15 is 0 Å². The van der Waals surface area contributed by atoms with E-state index in [9.17, 15) is 25.9 Å². The first-order chi connectivity index (χ1) is 18.9. The molecule has 0 radical (unpaired) electrons. The van der Waals surface area contributed by atoms with Crippen LogP contribution in [0.5, 0.6) is 0 Å². The third kappa shape index (κ3) is 9.23. The summed E-state index contributed by atoms with van der Waals surface area (Å²) in [6, 6.07) is 17.8. The van der Waals surface area contributed by atoms with Crippen LogP contribution in [0, 0.1) is 0 Å². The Hall–Kier alpha value is -1.52. The molecule has 0 amide bonds. The van der Waals surface area contributed by atoms with Crippen molar-refractivity contribution in [3.63, 3.8) is 0 Å². The number of rotatable bonds is 10. The van der Waals surface area contributed by atoms with Crippen molar-refractivity contribution in [2.45, 2.75) is 88.9 Å². The Balaban J connectivity index is 0.000000280. The van der Waals surface area contributed by atoms with Gasteiger partial charge in [0.25, 0.3) is 0 Å². The fraction of sp³-hybridized carbons (Fsp3) is 0.375. The molecular weight excluding hydrogens is 585 g/mol. The van der Waals surface area contributed by atoms with Gasteiger partial charge < -0.3 is 9.11 Å². The predicted octanol–water partition coefficient (Wildman–Crippen LogP) is 6.92. The van der Waals surface area contributed by atoms with Gasteiger partial charge in [0.1, 0.15) is 20.2 Å². The Labute approximate surface area is 275 Å². The van der Waals surface area contributed by atoms with E-state index in [1.807, 2.05) is 0 Å². The summed E-state index contributed by atoms with van der Waals surface area (Å²) in [5, 5.41) is 3.92. The Morgan fingerprint density at radius 2 is 0.732 bits per heavy atom. The molecule has 9 heteroatoms. The van der Waals surface area contributed by atoms with E-state index in [-0.39, 0.29) is 47.5 Å². The molecule has 4 aromatic carbocycles. The van der Waals surface area contributed by atoms with Crippen LogP contribution < -0.4 is 0 Å². The van der Waals surface area contributed by atoms with E-state index in [1.165, 1.54) is 35.4 Å². The molecule has 0 saturated carbocycles. The molecule has 0 heterocycles. The molecule has 0 aliphatic rings. The second kappa shape index (κ2) is 15.8. The first kappa shape index (κ1) is 35.7. The van der Waals surface area contributed by atoms with E-state index < -0.39 is 20.2 Å². The third-order valence-corrected chi connectivity index (χ3v) is 8.65. The van der Waals surface area contributed by atoms with Crippen LogP contribution in [-0.2, 0) is 45.9 Å². The quantitative estimate of drug-likeness (QED) is 0.140. The van der Waals surface area contributed by atoms with Gasteiger partial charge in [-0.3, -0.25) is 0 Å². The van der Waals surface area contributed by atoms with Gasteiger partial charge in [0.15, 0.2) is 0 Å². The minimum Gasteiger partial charge on any atom is -0.744 e. The Morgan fingerprint density at radius 1 is 0.463 bits per heavy atom. The predicted molar refractivity (Wildman–Crippen MR) is 166 cm³/mol. The molecule has 0 atom stereocenters. The minimum absolute atomic E-state index is 0. The summed E-state index contributed by atoms with van der Waals surface area (Å²) < 4.78 is 67.2.